The van der Waals surface area contributed by atoms with Crippen LogP contribution in [0.1, 0.15) is 17.1 Å². The van der Waals surface area contributed by atoms with Crippen LogP contribution in [0.2, 0.25) is 0 Å². The molecule has 2 aromatic rings. The Kier molecular flexibility index (Phi) is 6.65. The molecule has 3 heterocycles. The van der Waals surface area contributed by atoms with E-state index in [0.717, 1.165) is 57.5 Å². The van der Waals surface area contributed by atoms with Crippen LogP contribution in [0.5, 0.6) is 0 Å². The van der Waals surface area contributed by atoms with Crippen molar-refractivity contribution in [2.24, 2.45) is 7.05 Å². The van der Waals surface area contributed by atoms with Gasteiger partial charge < -0.3 is 19.5 Å². The van der Waals surface area contributed by atoms with Crippen LogP contribution in [-0.2, 0) is 24.9 Å². The van der Waals surface area contributed by atoms with Crippen molar-refractivity contribution in [1.29, 1.82) is 0 Å². The van der Waals surface area contributed by atoms with Crippen LogP contribution >= 0.6 is 12.4 Å². The van der Waals surface area contributed by atoms with Gasteiger partial charge in [0.25, 0.3) is 0 Å². The molecule has 1 saturated heterocycles. The second-order valence-electron chi connectivity index (χ2n) is 5.96. The monoisotopic (exact) mass is 354 g/mol. The predicted molar refractivity (Wildman–Crippen MR) is 96.9 cm³/mol. The summed E-state index contributed by atoms with van der Waals surface area (Å²) in [6, 6.07) is 0. The van der Waals surface area contributed by atoms with E-state index in [9.17, 15) is 0 Å². The summed E-state index contributed by atoms with van der Waals surface area (Å²) in [6.07, 6.45) is 3.86. The summed E-state index contributed by atoms with van der Waals surface area (Å²) < 4.78 is 9.62. The van der Waals surface area contributed by atoms with Crippen LogP contribution in [-0.4, -0.2) is 52.2 Å². The van der Waals surface area contributed by atoms with Crippen molar-refractivity contribution >= 4 is 18.2 Å². The molecule has 0 saturated carbocycles. The van der Waals surface area contributed by atoms with Gasteiger partial charge in [-0.2, -0.15) is 5.10 Å². The first-order valence-corrected chi connectivity index (χ1v) is 8.20. The molecule has 1 fully saturated rings. The van der Waals surface area contributed by atoms with Crippen LogP contribution in [0, 0.1) is 13.8 Å². The first-order chi connectivity index (χ1) is 11.2. The Bertz CT molecular complexity index is 647. The molecule has 134 valence electrons. The number of nitrogens with one attached hydrogen (secondary N) is 1. The minimum atomic E-state index is 0. The molecule has 0 unspecified atom stereocenters. The van der Waals surface area contributed by atoms with Crippen LogP contribution in [0.15, 0.2) is 12.4 Å². The Morgan fingerprint density at radius 3 is 2.67 bits per heavy atom. The molecule has 0 bridgehead atoms. The van der Waals surface area contributed by atoms with Crippen molar-refractivity contribution in [3.05, 3.63) is 29.5 Å². The largest absolute Gasteiger partial charge is 0.378 e. The molecule has 24 heavy (non-hydrogen) atoms. The first-order valence-electron chi connectivity index (χ1n) is 8.20. The smallest absolute Gasteiger partial charge is 0.131 e. The Morgan fingerprint density at radius 2 is 2.00 bits per heavy atom. The average Bonchev–Trinajstić information content (AvgIpc) is 3.07. The number of rotatable bonds is 6. The fourth-order valence-electron chi connectivity index (χ4n) is 3.12. The number of hydrogen-bond donors (Lipinski definition) is 1. The van der Waals surface area contributed by atoms with E-state index < -0.39 is 0 Å². The van der Waals surface area contributed by atoms with Gasteiger partial charge in [0, 0.05) is 57.7 Å². The molecule has 7 nitrogen and oxygen atoms in total. The van der Waals surface area contributed by atoms with Crippen molar-refractivity contribution in [3.8, 4) is 0 Å². The second-order valence-corrected chi connectivity index (χ2v) is 5.96. The zero-order valence-electron chi connectivity index (χ0n) is 14.7. The molecule has 1 aliphatic heterocycles. The van der Waals surface area contributed by atoms with Crippen molar-refractivity contribution in [3.63, 3.8) is 0 Å². The van der Waals surface area contributed by atoms with E-state index in [2.05, 4.69) is 31.8 Å². The number of hydrogen-bond acceptors (Lipinski definition) is 5. The van der Waals surface area contributed by atoms with Gasteiger partial charge in [0.15, 0.2) is 0 Å². The maximum Gasteiger partial charge on any atom is 0.131 e. The van der Waals surface area contributed by atoms with Gasteiger partial charge in [0.2, 0.25) is 0 Å². The summed E-state index contributed by atoms with van der Waals surface area (Å²) in [7, 11) is 2.02. The zero-order valence-corrected chi connectivity index (χ0v) is 15.5. The third kappa shape index (κ3) is 4.09. The number of imidazole rings is 1. The Labute approximate surface area is 149 Å². The molecular formula is C16H27ClN6O. The summed E-state index contributed by atoms with van der Waals surface area (Å²) in [5, 5.41) is 8.15. The minimum absolute atomic E-state index is 0. The van der Waals surface area contributed by atoms with Gasteiger partial charge >= 0.3 is 0 Å². The van der Waals surface area contributed by atoms with Crippen molar-refractivity contribution in [2.45, 2.75) is 26.9 Å². The summed E-state index contributed by atoms with van der Waals surface area (Å²) in [5.74, 6) is 2.27. The quantitative estimate of drug-likeness (QED) is 0.792. The van der Waals surface area contributed by atoms with Gasteiger partial charge in [0.05, 0.1) is 18.9 Å². The fraction of sp³-hybridized carbons (Fsp3) is 0.625. The number of aryl methyl sites for hydroxylation is 3. The zero-order chi connectivity index (χ0) is 16.2. The van der Waals surface area contributed by atoms with E-state index in [4.69, 9.17) is 4.74 Å². The molecular weight excluding hydrogens is 328 g/mol. The lowest BCUT2D eigenvalue weighted by molar-refractivity contribution is 0.122. The van der Waals surface area contributed by atoms with Gasteiger partial charge in [-0.25, -0.2) is 4.98 Å². The lowest BCUT2D eigenvalue weighted by Crippen LogP contribution is -2.38. The normalized spacial score (nSPS) is 14.7. The summed E-state index contributed by atoms with van der Waals surface area (Å²) in [4.78, 5) is 6.63. The van der Waals surface area contributed by atoms with Gasteiger partial charge in [-0.15, -0.1) is 12.4 Å². The number of morpholine rings is 1. The average molecular weight is 355 g/mol. The molecule has 8 heteroatoms. The third-order valence-electron chi connectivity index (χ3n) is 4.38. The highest BCUT2D eigenvalue weighted by Gasteiger charge is 2.20. The molecule has 0 spiro atoms. The van der Waals surface area contributed by atoms with Crippen molar-refractivity contribution in [2.75, 3.05) is 37.7 Å². The van der Waals surface area contributed by atoms with E-state index in [1.54, 1.807) is 0 Å². The third-order valence-corrected chi connectivity index (χ3v) is 4.38. The number of halogens is 1. The van der Waals surface area contributed by atoms with Gasteiger partial charge in [-0.3, -0.25) is 4.68 Å². The molecule has 1 aliphatic rings. The number of ether oxygens (including phenoxy) is 1. The van der Waals surface area contributed by atoms with Crippen LogP contribution in [0.25, 0.3) is 0 Å². The standard InChI is InChI=1S/C16H26N6O.ClH/c1-13-15(12-17-4-6-21-7-5-18-14(21)2)16(20(3)19-13)22-8-10-23-11-9-22;/h5,7,17H,4,6,8-12H2,1-3H3;1H. The topological polar surface area (TPSA) is 60.1 Å². The highest BCUT2D eigenvalue weighted by atomic mass is 35.5. The van der Waals surface area contributed by atoms with Crippen molar-refractivity contribution in [1.82, 2.24) is 24.6 Å². The molecule has 2 aromatic heterocycles. The van der Waals surface area contributed by atoms with E-state index >= 15 is 0 Å². The molecule has 3 rings (SSSR count). The Hall–Kier alpha value is -1.57. The second kappa shape index (κ2) is 8.50. The molecule has 0 radical (unpaired) electrons. The summed E-state index contributed by atoms with van der Waals surface area (Å²) in [5.41, 5.74) is 2.39. The van der Waals surface area contributed by atoms with Crippen LogP contribution in [0.3, 0.4) is 0 Å². The minimum Gasteiger partial charge on any atom is -0.378 e. The highest BCUT2D eigenvalue weighted by molar-refractivity contribution is 5.85. The number of nitrogens with zero attached hydrogens (tertiary/aromatic N) is 5. The first kappa shape index (κ1) is 18.8. The fourth-order valence-corrected chi connectivity index (χ4v) is 3.12. The van der Waals surface area contributed by atoms with E-state index in [-0.39, 0.29) is 12.4 Å². The molecule has 1 N–H and O–H groups in total. The highest BCUT2D eigenvalue weighted by Crippen LogP contribution is 2.23. The molecule has 0 aromatic carbocycles. The van der Waals surface area contributed by atoms with Gasteiger partial charge in [-0.1, -0.05) is 0 Å². The summed E-state index contributed by atoms with van der Waals surface area (Å²) >= 11 is 0. The maximum atomic E-state index is 5.46. The van der Waals surface area contributed by atoms with Gasteiger partial charge in [-0.05, 0) is 13.8 Å². The van der Waals surface area contributed by atoms with E-state index in [1.165, 1.54) is 11.4 Å². The lowest BCUT2D eigenvalue weighted by Gasteiger charge is -2.29. The van der Waals surface area contributed by atoms with E-state index in [1.807, 2.05) is 31.0 Å². The van der Waals surface area contributed by atoms with E-state index in [0.29, 0.717) is 0 Å². The molecule has 0 atom stereocenters. The number of anilines is 1. The van der Waals surface area contributed by atoms with Crippen LogP contribution < -0.4 is 10.2 Å². The van der Waals surface area contributed by atoms with Gasteiger partial charge in [0.1, 0.15) is 11.6 Å². The SMILES string of the molecule is Cc1nn(C)c(N2CCOCC2)c1CNCCn1ccnc1C.Cl. The Morgan fingerprint density at radius 1 is 1.25 bits per heavy atom. The molecule has 0 amide bonds. The summed E-state index contributed by atoms with van der Waals surface area (Å²) in [6.45, 7) is 10.2. The maximum absolute atomic E-state index is 5.46. The molecule has 0 aliphatic carbocycles. The van der Waals surface area contributed by atoms with Crippen LogP contribution in [0.4, 0.5) is 5.82 Å². The Balaban J connectivity index is 0.00000208. The lowest BCUT2D eigenvalue weighted by atomic mass is 10.2. The van der Waals surface area contributed by atoms with Crippen molar-refractivity contribution < 1.29 is 4.74 Å². The predicted octanol–water partition coefficient (Wildman–Crippen LogP) is 1.28. The number of aromatic nitrogens is 4.